The maximum absolute atomic E-state index is 11.6. The number of aromatic nitrogens is 1. The first-order valence-corrected chi connectivity index (χ1v) is 5.40. The van der Waals surface area contributed by atoms with Crippen LogP contribution in [0.2, 0.25) is 0 Å². The van der Waals surface area contributed by atoms with Crippen molar-refractivity contribution in [2.24, 2.45) is 5.92 Å². The molecule has 1 aromatic rings. The lowest BCUT2D eigenvalue weighted by molar-refractivity contribution is -0.136. The van der Waals surface area contributed by atoms with Gasteiger partial charge in [0, 0.05) is 25.2 Å². The van der Waals surface area contributed by atoms with Gasteiger partial charge in [0.25, 0.3) is 5.56 Å². The molecule has 1 N–H and O–H groups in total. The molecule has 1 rings (SSSR count). The van der Waals surface area contributed by atoms with Crippen molar-refractivity contribution in [2.45, 2.75) is 33.2 Å². The van der Waals surface area contributed by atoms with Crippen LogP contribution in [0.15, 0.2) is 23.1 Å². The third-order valence-electron chi connectivity index (χ3n) is 2.25. The number of carboxylic acids is 1. The van der Waals surface area contributed by atoms with Gasteiger partial charge in [0.1, 0.15) is 0 Å². The number of aryl methyl sites for hydroxylation is 1. The van der Waals surface area contributed by atoms with Gasteiger partial charge >= 0.3 is 5.97 Å². The molecule has 0 unspecified atom stereocenters. The predicted octanol–water partition coefficient (Wildman–Crippen LogP) is 1.52. The lowest BCUT2D eigenvalue weighted by Crippen LogP contribution is -2.21. The van der Waals surface area contributed by atoms with E-state index in [1.165, 1.54) is 6.07 Å². The highest BCUT2D eigenvalue weighted by Gasteiger charge is 2.03. The fourth-order valence-corrected chi connectivity index (χ4v) is 1.50. The molecule has 1 heterocycles. The molecule has 1 aromatic heterocycles. The number of aliphatic carboxylic acids is 1. The van der Waals surface area contributed by atoms with Crippen LogP contribution in [-0.4, -0.2) is 15.6 Å². The highest BCUT2D eigenvalue weighted by molar-refractivity contribution is 5.67. The quantitative estimate of drug-likeness (QED) is 0.823. The van der Waals surface area contributed by atoms with Crippen LogP contribution in [0, 0.1) is 5.92 Å². The summed E-state index contributed by atoms with van der Waals surface area (Å²) in [6.45, 7) is 4.79. The molecule has 0 aliphatic heterocycles. The third-order valence-corrected chi connectivity index (χ3v) is 2.25. The van der Waals surface area contributed by atoms with Crippen LogP contribution in [-0.2, 0) is 17.8 Å². The van der Waals surface area contributed by atoms with E-state index in [-0.39, 0.29) is 12.0 Å². The second kappa shape index (κ2) is 5.49. The molecule has 0 aliphatic carbocycles. The van der Waals surface area contributed by atoms with Crippen LogP contribution in [0.4, 0.5) is 0 Å². The first kappa shape index (κ1) is 12.5. The molecular formula is C12H17NO3. The van der Waals surface area contributed by atoms with E-state index >= 15 is 0 Å². The van der Waals surface area contributed by atoms with Gasteiger partial charge in [-0.25, -0.2) is 0 Å². The average molecular weight is 223 g/mol. The average Bonchev–Trinajstić information content (AvgIpc) is 2.18. The van der Waals surface area contributed by atoms with E-state index in [1.807, 2.05) is 19.9 Å². The Labute approximate surface area is 94.5 Å². The van der Waals surface area contributed by atoms with Crippen LogP contribution in [0.3, 0.4) is 0 Å². The van der Waals surface area contributed by atoms with Crippen LogP contribution in [0.25, 0.3) is 0 Å². The standard InChI is InChI=1S/C12H17NO3/c1-9(2)8-13-6-5-10(7-11(13)14)3-4-12(15)16/h5-7,9H,3-4,8H2,1-2H3,(H,15,16). The molecule has 0 amide bonds. The van der Waals surface area contributed by atoms with Gasteiger partial charge in [-0.15, -0.1) is 0 Å². The SMILES string of the molecule is CC(C)Cn1ccc(CCC(=O)O)cc1=O. The molecular weight excluding hydrogens is 206 g/mol. The molecule has 0 fully saturated rings. The molecule has 0 radical (unpaired) electrons. The Balaban J connectivity index is 2.75. The minimum absolute atomic E-state index is 0.0587. The van der Waals surface area contributed by atoms with Crippen LogP contribution < -0.4 is 5.56 Å². The van der Waals surface area contributed by atoms with Gasteiger partial charge in [-0.1, -0.05) is 13.8 Å². The van der Waals surface area contributed by atoms with E-state index < -0.39 is 5.97 Å². The number of pyridine rings is 1. The number of rotatable bonds is 5. The van der Waals surface area contributed by atoms with Crippen molar-refractivity contribution in [3.8, 4) is 0 Å². The van der Waals surface area contributed by atoms with Gasteiger partial charge in [0.2, 0.25) is 0 Å². The Morgan fingerprint density at radius 1 is 1.50 bits per heavy atom. The minimum atomic E-state index is -0.841. The van der Waals surface area contributed by atoms with Gasteiger partial charge in [-0.3, -0.25) is 9.59 Å². The second-order valence-electron chi connectivity index (χ2n) is 4.31. The largest absolute Gasteiger partial charge is 0.481 e. The first-order chi connectivity index (χ1) is 7.49. The fourth-order valence-electron chi connectivity index (χ4n) is 1.50. The van der Waals surface area contributed by atoms with Crippen LogP contribution in [0.1, 0.15) is 25.8 Å². The summed E-state index contributed by atoms with van der Waals surface area (Å²) in [5.74, 6) is -0.422. The highest BCUT2D eigenvalue weighted by atomic mass is 16.4. The van der Waals surface area contributed by atoms with Crippen LogP contribution in [0.5, 0.6) is 0 Å². The maximum Gasteiger partial charge on any atom is 0.303 e. The molecule has 0 saturated carbocycles. The van der Waals surface area contributed by atoms with Gasteiger partial charge in [-0.2, -0.15) is 0 Å². The summed E-state index contributed by atoms with van der Waals surface area (Å²) in [5.41, 5.74) is 0.726. The third kappa shape index (κ3) is 3.88. The smallest absolute Gasteiger partial charge is 0.303 e. The molecule has 0 saturated heterocycles. The van der Waals surface area contributed by atoms with E-state index in [9.17, 15) is 9.59 Å². The monoisotopic (exact) mass is 223 g/mol. The Kier molecular flexibility index (Phi) is 4.28. The van der Waals surface area contributed by atoms with Crippen molar-refractivity contribution < 1.29 is 9.90 Å². The van der Waals surface area contributed by atoms with Crippen molar-refractivity contribution >= 4 is 5.97 Å². The van der Waals surface area contributed by atoms with Crippen molar-refractivity contribution in [3.05, 3.63) is 34.2 Å². The zero-order valence-corrected chi connectivity index (χ0v) is 9.64. The normalized spacial score (nSPS) is 10.7. The Hall–Kier alpha value is -1.58. The molecule has 0 spiro atoms. The molecule has 16 heavy (non-hydrogen) atoms. The van der Waals surface area contributed by atoms with Gasteiger partial charge in [0.15, 0.2) is 0 Å². The van der Waals surface area contributed by atoms with Crippen LogP contribution >= 0.6 is 0 Å². The van der Waals surface area contributed by atoms with Gasteiger partial charge in [-0.05, 0) is 24.0 Å². The van der Waals surface area contributed by atoms with E-state index in [1.54, 1.807) is 10.8 Å². The summed E-state index contributed by atoms with van der Waals surface area (Å²) in [7, 11) is 0. The summed E-state index contributed by atoms with van der Waals surface area (Å²) in [5, 5.41) is 8.53. The maximum atomic E-state index is 11.6. The lowest BCUT2D eigenvalue weighted by atomic mass is 10.1. The predicted molar refractivity (Wildman–Crippen MR) is 61.5 cm³/mol. The first-order valence-electron chi connectivity index (χ1n) is 5.40. The molecule has 0 bridgehead atoms. The summed E-state index contributed by atoms with van der Waals surface area (Å²) < 4.78 is 1.65. The Morgan fingerprint density at radius 3 is 2.69 bits per heavy atom. The molecule has 4 nitrogen and oxygen atoms in total. The molecule has 0 aromatic carbocycles. The van der Waals surface area contributed by atoms with Crippen molar-refractivity contribution in [1.82, 2.24) is 4.57 Å². The fraction of sp³-hybridized carbons (Fsp3) is 0.500. The summed E-state index contributed by atoms with van der Waals surface area (Å²) in [6, 6.07) is 3.33. The van der Waals surface area contributed by atoms with Crippen molar-refractivity contribution in [2.75, 3.05) is 0 Å². The highest BCUT2D eigenvalue weighted by Crippen LogP contribution is 2.01. The topological polar surface area (TPSA) is 59.3 Å². The zero-order chi connectivity index (χ0) is 12.1. The summed E-state index contributed by atoms with van der Waals surface area (Å²) in [6.07, 6.45) is 2.21. The number of carboxylic acid groups (broad SMARTS) is 1. The summed E-state index contributed by atoms with van der Waals surface area (Å²) >= 11 is 0. The Bertz CT molecular complexity index is 421. The van der Waals surface area contributed by atoms with Gasteiger partial charge < -0.3 is 9.67 Å². The number of hydrogen-bond acceptors (Lipinski definition) is 2. The molecule has 0 aliphatic rings. The zero-order valence-electron chi connectivity index (χ0n) is 9.64. The van der Waals surface area contributed by atoms with Gasteiger partial charge in [0.05, 0.1) is 0 Å². The van der Waals surface area contributed by atoms with E-state index in [2.05, 4.69) is 0 Å². The summed E-state index contributed by atoms with van der Waals surface area (Å²) in [4.78, 5) is 22.0. The number of nitrogens with zero attached hydrogens (tertiary/aromatic N) is 1. The number of hydrogen-bond donors (Lipinski definition) is 1. The Morgan fingerprint density at radius 2 is 2.19 bits per heavy atom. The van der Waals surface area contributed by atoms with E-state index in [4.69, 9.17) is 5.11 Å². The van der Waals surface area contributed by atoms with Crippen molar-refractivity contribution in [1.29, 1.82) is 0 Å². The second-order valence-corrected chi connectivity index (χ2v) is 4.31. The minimum Gasteiger partial charge on any atom is -0.481 e. The molecule has 4 heteroatoms. The van der Waals surface area contributed by atoms with E-state index in [0.29, 0.717) is 18.9 Å². The van der Waals surface area contributed by atoms with E-state index in [0.717, 1.165) is 5.56 Å². The molecule has 88 valence electrons. The van der Waals surface area contributed by atoms with Crippen molar-refractivity contribution in [3.63, 3.8) is 0 Å². The number of carbonyl (C=O) groups is 1. The lowest BCUT2D eigenvalue weighted by Gasteiger charge is -2.08. The molecule has 0 atom stereocenters.